The maximum absolute atomic E-state index is 12.0. The van der Waals surface area contributed by atoms with Gasteiger partial charge in [-0.1, -0.05) is 0 Å². The monoisotopic (exact) mass is 291 g/mol. The second-order valence-corrected chi connectivity index (χ2v) is 5.60. The second-order valence-electron chi connectivity index (χ2n) is 3.94. The van der Waals surface area contributed by atoms with Gasteiger partial charge in [-0.2, -0.15) is 4.72 Å². The van der Waals surface area contributed by atoms with Gasteiger partial charge in [0.15, 0.2) is 5.03 Å². The molecule has 0 aliphatic heterocycles. The molecule has 1 atom stereocenters. The highest BCUT2D eigenvalue weighted by Crippen LogP contribution is 2.10. The molecule has 19 heavy (non-hydrogen) atoms. The lowest BCUT2D eigenvalue weighted by atomic mass is 10.2. The minimum absolute atomic E-state index is 0.206. The lowest BCUT2D eigenvalue weighted by Crippen LogP contribution is -2.41. The van der Waals surface area contributed by atoms with Crippen molar-refractivity contribution in [1.82, 2.24) is 14.3 Å². The molecule has 1 heterocycles. The molecule has 0 saturated carbocycles. The number of carbonyl (C=O) groups is 1. The molecule has 8 nitrogen and oxygen atoms in total. The van der Waals surface area contributed by atoms with Crippen molar-refractivity contribution in [3.8, 4) is 0 Å². The van der Waals surface area contributed by atoms with Crippen LogP contribution in [0.15, 0.2) is 11.2 Å². The number of hydrogen-bond donors (Lipinski definition) is 3. The highest BCUT2D eigenvalue weighted by Gasteiger charge is 2.27. The van der Waals surface area contributed by atoms with Crippen molar-refractivity contribution in [3.05, 3.63) is 12.0 Å². The summed E-state index contributed by atoms with van der Waals surface area (Å²) in [5.74, 6) is -0.818. The Labute approximate surface area is 111 Å². The van der Waals surface area contributed by atoms with Crippen LogP contribution in [0.1, 0.15) is 19.2 Å². The molecule has 0 aromatic carbocycles. The molecule has 3 N–H and O–H groups in total. The Morgan fingerprint density at radius 1 is 1.58 bits per heavy atom. The fourth-order valence-electron chi connectivity index (χ4n) is 1.54. The van der Waals surface area contributed by atoms with Crippen LogP contribution in [0.2, 0.25) is 0 Å². The molecule has 0 fully saturated rings. The Morgan fingerprint density at radius 3 is 2.63 bits per heavy atom. The molecule has 1 rings (SSSR count). The lowest BCUT2D eigenvalue weighted by molar-refractivity contribution is -0.139. The van der Waals surface area contributed by atoms with Crippen molar-refractivity contribution in [3.63, 3.8) is 0 Å². The van der Waals surface area contributed by atoms with Crippen LogP contribution in [0.3, 0.4) is 0 Å². The first-order chi connectivity index (χ1) is 8.81. The van der Waals surface area contributed by atoms with Gasteiger partial charge in [0, 0.05) is 19.3 Å². The lowest BCUT2D eigenvalue weighted by Gasteiger charge is -2.11. The number of nitrogens with zero attached hydrogens (tertiary/aromatic N) is 2. The zero-order valence-electron chi connectivity index (χ0n) is 10.7. The molecular weight excluding hydrogens is 274 g/mol. The average molecular weight is 291 g/mol. The Kier molecular flexibility index (Phi) is 5.04. The Hall–Kier alpha value is -1.45. The summed E-state index contributed by atoms with van der Waals surface area (Å²) >= 11 is 0. The summed E-state index contributed by atoms with van der Waals surface area (Å²) < 4.78 is 27.6. The van der Waals surface area contributed by atoms with Crippen LogP contribution in [0.5, 0.6) is 0 Å². The molecule has 0 saturated heterocycles. The molecule has 1 aromatic rings. The van der Waals surface area contributed by atoms with Crippen LogP contribution < -0.4 is 4.72 Å². The fraction of sp³-hybridized carbons (Fsp3) is 0.600. The number of aromatic nitrogens is 2. The smallest absolute Gasteiger partial charge is 0.321 e. The summed E-state index contributed by atoms with van der Waals surface area (Å²) in [4.78, 5) is 14.7. The van der Waals surface area contributed by atoms with Crippen molar-refractivity contribution in [2.45, 2.75) is 37.9 Å². The van der Waals surface area contributed by atoms with Gasteiger partial charge < -0.3 is 14.8 Å². The van der Waals surface area contributed by atoms with Crippen molar-refractivity contribution < 1.29 is 23.4 Å². The largest absolute Gasteiger partial charge is 0.480 e. The van der Waals surface area contributed by atoms with E-state index in [-0.39, 0.29) is 11.4 Å². The molecule has 0 bridgehead atoms. The molecule has 0 amide bonds. The highest BCUT2D eigenvalue weighted by atomic mass is 32.2. The number of hydrogen-bond acceptors (Lipinski definition) is 5. The van der Waals surface area contributed by atoms with E-state index in [1.54, 1.807) is 11.5 Å². The Bertz CT molecular complexity index is 552. The normalized spacial score (nSPS) is 13.4. The summed E-state index contributed by atoms with van der Waals surface area (Å²) in [5, 5.41) is 17.4. The standard InChI is InChI=1S/C10H17N3O5S/c1-3-13-6-9(11-7(13)2)19(17,18)12-8(4-5-14)10(15)16/h6,8,12,14H,3-5H2,1-2H3,(H,15,16)/t8-/m0/s1. The SMILES string of the molecule is CCn1cc(S(=O)(=O)N[C@@H](CCO)C(=O)O)nc1C. The minimum Gasteiger partial charge on any atom is -0.480 e. The predicted octanol–water partition coefficient (Wildman–Crippen LogP) is -0.675. The first-order valence-corrected chi connectivity index (χ1v) is 7.20. The number of sulfonamides is 1. The number of carboxylic acid groups (broad SMARTS) is 1. The Balaban J connectivity index is 2.99. The van der Waals surface area contributed by atoms with Crippen LogP contribution in [-0.4, -0.2) is 46.8 Å². The molecule has 1 aromatic heterocycles. The fourth-order valence-corrected chi connectivity index (χ4v) is 2.77. The molecule has 108 valence electrons. The zero-order chi connectivity index (χ0) is 14.6. The third-order valence-corrected chi connectivity index (χ3v) is 3.93. The maximum Gasteiger partial charge on any atom is 0.321 e. The third-order valence-electron chi connectivity index (χ3n) is 2.58. The summed E-state index contributed by atoms with van der Waals surface area (Å²) in [6, 6.07) is -1.37. The van der Waals surface area contributed by atoms with E-state index < -0.39 is 28.6 Å². The first-order valence-electron chi connectivity index (χ1n) is 5.71. The second kappa shape index (κ2) is 6.13. The van der Waals surface area contributed by atoms with E-state index in [1.165, 1.54) is 6.20 Å². The van der Waals surface area contributed by atoms with E-state index in [1.807, 2.05) is 11.6 Å². The van der Waals surface area contributed by atoms with Crippen molar-refractivity contribution in [2.24, 2.45) is 0 Å². The van der Waals surface area contributed by atoms with Crippen LogP contribution in [-0.2, 0) is 21.4 Å². The van der Waals surface area contributed by atoms with Crippen LogP contribution in [0, 0.1) is 6.92 Å². The van der Waals surface area contributed by atoms with Crippen molar-refractivity contribution in [1.29, 1.82) is 0 Å². The van der Waals surface area contributed by atoms with Gasteiger partial charge >= 0.3 is 5.97 Å². The van der Waals surface area contributed by atoms with E-state index in [9.17, 15) is 13.2 Å². The molecule has 9 heteroatoms. The maximum atomic E-state index is 12.0. The van der Waals surface area contributed by atoms with Gasteiger partial charge in [0.25, 0.3) is 10.0 Å². The molecule has 0 aliphatic rings. The van der Waals surface area contributed by atoms with Gasteiger partial charge in [-0.3, -0.25) is 4.79 Å². The molecular formula is C10H17N3O5S. The van der Waals surface area contributed by atoms with E-state index >= 15 is 0 Å². The number of rotatable bonds is 7. The molecule has 0 spiro atoms. The van der Waals surface area contributed by atoms with Gasteiger partial charge in [0.05, 0.1) is 0 Å². The quantitative estimate of drug-likeness (QED) is 0.612. The van der Waals surface area contributed by atoms with Crippen LogP contribution in [0.25, 0.3) is 0 Å². The highest BCUT2D eigenvalue weighted by molar-refractivity contribution is 7.89. The van der Waals surface area contributed by atoms with E-state index in [2.05, 4.69) is 4.98 Å². The van der Waals surface area contributed by atoms with Gasteiger partial charge in [0.2, 0.25) is 0 Å². The van der Waals surface area contributed by atoms with Gasteiger partial charge in [-0.15, -0.1) is 0 Å². The van der Waals surface area contributed by atoms with Gasteiger partial charge in [-0.05, 0) is 20.3 Å². The number of nitrogens with one attached hydrogen (secondary N) is 1. The zero-order valence-corrected chi connectivity index (χ0v) is 11.5. The molecule has 0 radical (unpaired) electrons. The van der Waals surface area contributed by atoms with E-state index in [0.717, 1.165) is 0 Å². The molecule has 0 aliphatic carbocycles. The van der Waals surface area contributed by atoms with E-state index in [0.29, 0.717) is 12.4 Å². The predicted molar refractivity (Wildman–Crippen MR) is 66.1 cm³/mol. The minimum atomic E-state index is -4.01. The Morgan fingerprint density at radius 2 is 2.21 bits per heavy atom. The summed E-state index contributed by atoms with van der Waals surface area (Å²) in [7, 11) is -4.01. The number of aryl methyl sites for hydroxylation is 2. The number of aliphatic carboxylic acids is 1. The average Bonchev–Trinajstić information content (AvgIpc) is 2.70. The summed E-state index contributed by atoms with van der Waals surface area (Å²) in [6.45, 7) is 3.63. The number of aliphatic hydroxyl groups is 1. The number of imidazole rings is 1. The van der Waals surface area contributed by atoms with E-state index in [4.69, 9.17) is 10.2 Å². The van der Waals surface area contributed by atoms with Crippen LogP contribution in [0.4, 0.5) is 0 Å². The van der Waals surface area contributed by atoms with Crippen molar-refractivity contribution >= 4 is 16.0 Å². The summed E-state index contributed by atoms with van der Waals surface area (Å²) in [6.07, 6.45) is 1.14. The third kappa shape index (κ3) is 3.75. The van der Waals surface area contributed by atoms with Gasteiger partial charge in [0.1, 0.15) is 11.9 Å². The van der Waals surface area contributed by atoms with Crippen molar-refractivity contribution in [2.75, 3.05) is 6.61 Å². The summed E-state index contributed by atoms with van der Waals surface area (Å²) in [5.41, 5.74) is 0. The van der Waals surface area contributed by atoms with Gasteiger partial charge in [-0.25, -0.2) is 13.4 Å². The number of aliphatic hydroxyl groups excluding tert-OH is 1. The molecule has 0 unspecified atom stereocenters. The topological polar surface area (TPSA) is 122 Å². The first kappa shape index (κ1) is 15.6. The van der Waals surface area contributed by atoms with Crippen LogP contribution >= 0.6 is 0 Å². The number of carboxylic acids is 1.